The van der Waals surface area contributed by atoms with Crippen LogP contribution in [0, 0.1) is 0 Å². The molecule has 3 N–H and O–H groups in total. The van der Waals surface area contributed by atoms with E-state index in [0.717, 1.165) is 16.9 Å². The molecular weight excluding hydrogens is 269 g/mol. The number of hydrazine groups is 1. The molecule has 18 heavy (non-hydrogen) atoms. The van der Waals surface area contributed by atoms with Crippen molar-refractivity contribution in [2.75, 3.05) is 5.43 Å². The molecule has 2 atom stereocenters. The van der Waals surface area contributed by atoms with Gasteiger partial charge in [0.15, 0.2) is 0 Å². The molecule has 0 bridgehead atoms. The Bertz CT molecular complexity index is 487. The van der Waals surface area contributed by atoms with Crippen LogP contribution in [0.1, 0.15) is 22.0 Å². The van der Waals surface area contributed by atoms with Gasteiger partial charge in [0.1, 0.15) is 0 Å². The first-order chi connectivity index (χ1) is 8.72. The SMILES string of the molecule is NNc1ccc(C(Cl)C(Cl)c2ccccn2)cc1. The summed E-state index contributed by atoms with van der Waals surface area (Å²) in [5, 5.41) is -0.710. The number of anilines is 1. The molecule has 3 nitrogen and oxygen atoms in total. The molecule has 1 heterocycles. The van der Waals surface area contributed by atoms with Crippen molar-refractivity contribution in [1.29, 1.82) is 0 Å². The summed E-state index contributed by atoms with van der Waals surface area (Å²) in [4.78, 5) is 4.21. The molecule has 0 radical (unpaired) electrons. The second-order valence-electron chi connectivity index (χ2n) is 3.82. The molecule has 0 aliphatic rings. The molecule has 2 rings (SSSR count). The van der Waals surface area contributed by atoms with Gasteiger partial charge < -0.3 is 5.43 Å². The van der Waals surface area contributed by atoms with E-state index in [-0.39, 0.29) is 10.8 Å². The molecule has 1 aromatic carbocycles. The Balaban J connectivity index is 2.17. The Morgan fingerprint density at radius 1 is 1.00 bits per heavy atom. The predicted octanol–water partition coefficient (Wildman–Crippen LogP) is 3.63. The third-order valence-corrected chi connectivity index (χ3v) is 3.73. The lowest BCUT2D eigenvalue weighted by Crippen LogP contribution is -2.07. The summed E-state index contributed by atoms with van der Waals surface area (Å²) in [5.41, 5.74) is 5.09. The van der Waals surface area contributed by atoms with Gasteiger partial charge in [0, 0.05) is 11.9 Å². The highest BCUT2D eigenvalue weighted by Gasteiger charge is 2.21. The first kappa shape index (κ1) is 13.1. The molecule has 0 aliphatic heterocycles. The molecule has 0 spiro atoms. The Kier molecular flexibility index (Phi) is 4.42. The zero-order chi connectivity index (χ0) is 13.0. The number of hydrogen-bond donors (Lipinski definition) is 2. The Hall–Kier alpha value is -1.29. The van der Waals surface area contributed by atoms with Crippen LogP contribution in [-0.2, 0) is 0 Å². The molecule has 0 saturated heterocycles. The molecule has 94 valence electrons. The number of benzene rings is 1. The molecule has 2 unspecified atom stereocenters. The fourth-order valence-corrected chi connectivity index (χ4v) is 2.17. The van der Waals surface area contributed by atoms with Gasteiger partial charge in [-0.1, -0.05) is 18.2 Å². The third-order valence-electron chi connectivity index (χ3n) is 2.62. The van der Waals surface area contributed by atoms with E-state index in [0.29, 0.717) is 0 Å². The molecule has 0 fully saturated rings. The lowest BCUT2D eigenvalue weighted by atomic mass is 10.1. The summed E-state index contributed by atoms with van der Waals surface area (Å²) >= 11 is 12.7. The number of aromatic nitrogens is 1. The maximum absolute atomic E-state index is 6.36. The number of nitrogens with one attached hydrogen (secondary N) is 1. The Morgan fingerprint density at radius 2 is 1.72 bits per heavy atom. The van der Waals surface area contributed by atoms with Crippen LogP contribution in [0.15, 0.2) is 48.7 Å². The van der Waals surface area contributed by atoms with Crippen molar-refractivity contribution in [2.45, 2.75) is 10.8 Å². The summed E-state index contributed by atoms with van der Waals surface area (Å²) in [6.45, 7) is 0. The average Bonchev–Trinajstić information content (AvgIpc) is 2.47. The van der Waals surface area contributed by atoms with E-state index in [9.17, 15) is 0 Å². The number of nitrogens with two attached hydrogens (primary N) is 1. The zero-order valence-corrected chi connectivity index (χ0v) is 11.1. The van der Waals surface area contributed by atoms with E-state index in [1.165, 1.54) is 0 Å². The molecule has 0 saturated carbocycles. The molecular formula is C13H13Cl2N3. The lowest BCUT2D eigenvalue weighted by Gasteiger charge is -2.16. The second-order valence-corrected chi connectivity index (χ2v) is 4.76. The highest BCUT2D eigenvalue weighted by atomic mass is 35.5. The molecule has 0 amide bonds. The van der Waals surface area contributed by atoms with Crippen LogP contribution in [0.2, 0.25) is 0 Å². The minimum Gasteiger partial charge on any atom is -0.324 e. The van der Waals surface area contributed by atoms with Gasteiger partial charge in [0.2, 0.25) is 0 Å². The summed E-state index contributed by atoms with van der Waals surface area (Å²) in [5.74, 6) is 5.31. The second kappa shape index (κ2) is 6.05. The van der Waals surface area contributed by atoms with Gasteiger partial charge in [0.05, 0.1) is 16.4 Å². The first-order valence-corrected chi connectivity index (χ1v) is 6.35. The smallest absolute Gasteiger partial charge is 0.0961 e. The quantitative estimate of drug-likeness (QED) is 0.511. The number of alkyl halides is 2. The minimum atomic E-state index is -0.371. The Morgan fingerprint density at radius 3 is 2.28 bits per heavy atom. The fraction of sp³-hybridized carbons (Fsp3) is 0.154. The van der Waals surface area contributed by atoms with Crippen molar-refractivity contribution in [3.63, 3.8) is 0 Å². The van der Waals surface area contributed by atoms with Gasteiger partial charge in [0.25, 0.3) is 0 Å². The van der Waals surface area contributed by atoms with Crippen molar-refractivity contribution in [3.05, 3.63) is 59.9 Å². The molecule has 2 aromatic rings. The molecule has 1 aromatic heterocycles. The number of pyridine rings is 1. The van der Waals surface area contributed by atoms with Gasteiger partial charge in [-0.2, -0.15) is 0 Å². The maximum Gasteiger partial charge on any atom is 0.0961 e. The van der Waals surface area contributed by atoms with Gasteiger partial charge in [-0.15, -0.1) is 23.2 Å². The largest absolute Gasteiger partial charge is 0.324 e. The van der Waals surface area contributed by atoms with Crippen LogP contribution in [0.5, 0.6) is 0 Å². The van der Waals surface area contributed by atoms with Crippen LogP contribution in [0.25, 0.3) is 0 Å². The topological polar surface area (TPSA) is 50.9 Å². The van der Waals surface area contributed by atoms with E-state index in [2.05, 4.69) is 10.4 Å². The van der Waals surface area contributed by atoms with Crippen molar-refractivity contribution in [2.24, 2.45) is 5.84 Å². The summed E-state index contributed by atoms with van der Waals surface area (Å²) in [6.07, 6.45) is 1.70. The van der Waals surface area contributed by atoms with Crippen molar-refractivity contribution >= 4 is 28.9 Å². The van der Waals surface area contributed by atoms with Gasteiger partial charge in [-0.3, -0.25) is 10.8 Å². The van der Waals surface area contributed by atoms with E-state index in [1.54, 1.807) is 6.20 Å². The maximum atomic E-state index is 6.36. The van der Waals surface area contributed by atoms with Crippen LogP contribution in [-0.4, -0.2) is 4.98 Å². The van der Waals surface area contributed by atoms with Crippen molar-refractivity contribution in [3.8, 4) is 0 Å². The summed E-state index contributed by atoms with van der Waals surface area (Å²) in [7, 11) is 0. The summed E-state index contributed by atoms with van der Waals surface area (Å²) in [6, 6.07) is 13.1. The fourth-order valence-electron chi connectivity index (χ4n) is 1.62. The van der Waals surface area contributed by atoms with Crippen LogP contribution in [0.4, 0.5) is 5.69 Å². The van der Waals surface area contributed by atoms with Crippen LogP contribution >= 0.6 is 23.2 Å². The zero-order valence-electron chi connectivity index (χ0n) is 9.55. The standard InChI is InChI=1S/C13H13Cl2N3/c14-12(9-4-6-10(18-16)7-5-9)13(15)11-3-1-2-8-17-11/h1-8,12-13,18H,16H2. The predicted molar refractivity (Wildman–Crippen MR) is 75.7 cm³/mol. The van der Waals surface area contributed by atoms with Gasteiger partial charge in [-0.25, -0.2) is 0 Å². The number of hydrogen-bond acceptors (Lipinski definition) is 3. The number of rotatable bonds is 4. The van der Waals surface area contributed by atoms with E-state index < -0.39 is 0 Å². The van der Waals surface area contributed by atoms with Gasteiger partial charge in [-0.05, 0) is 29.8 Å². The van der Waals surface area contributed by atoms with E-state index >= 15 is 0 Å². The summed E-state index contributed by atoms with van der Waals surface area (Å²) < 4.78 is 0. The minimum absolute atomic E-state index is 0.339. The third kappa shape index (κ3) is 2.93. The lowest BCUT2D eigenvalue weighted by molar-refractivity contribution is 0.846. The number of halogens is 2. The van der Waals surface area contributed by atoms with Crippen LogP contribution < -0.4 is 11.3 Å². The van der Waals surface area contributed by atoms with E-state index in [4.69, 9.17) is 29.0 Å². The van der Waals surface area contributed by atoms with Crippen LogP contribution in [0.3, 0.4) is 0 Å². The Labute approximate surface area is 116 Å². The average molecular weight is 282 g/mol. The monoisotopic (exact) mass is 281 g/mol. The normalized spacial score (nSPS) is 13.9. The highest BCUT2D eigenvalue weighted by molar-refractivity contribution is 6.30. The molecule has 5 heteroatoms. The van der Waals surface area contributed by atoms with Crippen molar-refractivity contribution in [1.82, 2.24) is 4.98 Å². The molecule has 0 aliphatic carbocycles. The van der Waals surface area contributed by atoms with Crippen molar-refractivity contribution < 1.29 is 0 Å². The van der Waals surface area contributed by atoms with Gasteiger partial charge >= 0.3 is 0 Å². The number of nitrogen functional groups attached to an aromatic ring is 1. The first-order valence-electron chi connectivity index (χ1n) is 5.48. The number of nitrogens with zero attached hydrogens (tertiary/aromatic N) is 1. The van der Waals surface area contributed by atoms with E-state index in [1.807, 2.05) is 42.5 Å². The highest BCUT2D eigenvalue weighted by Crippen LogP contribution is 2.38.